The summed E-state index contributed by atoms with van der Waals surface area (Å²) in [5, 5.41) is 3.63. The zero-order valence-corrected chi connectivity index (χ0v) is 18.3. The second-order valence-electron chi connectivity index (χ2n) is 7.65. The first-order valence-corrected chi connectivity index (χ1v) is 10.1. The zero-order valence-electron chi connectivity index (χ0n) is 18.3. The van der Waals surface area contributed by atoms with Crippen LogP contribution in [0.4, 0.5) is 10.2 Å². The molecule has 0 unspecified atom stereocenters. The van der Waals surface area contributed by atoms with Crippen molar-refractivity contribution < 1.29 is 18.3 Å². The third-order valence-corrected chi connectivity index (χ3v) is 5.34. The van der Waals surface area contributed by atoms with E-state index in [4.69, 9.17) is 9.15 Å². The summed E-state index contributed by atoms with van der Waals surface area (Å²) < 4.78 is 24.9. The molecule has 0 aliphatic heterocycles. The summed E-state index contributed by atoms with van der Waals surface area (Å²) in [4.78, 5) is 16.8. The number of allylic oxidation sites excluding steroid dienone is 1. The largest absolute Gasteiger partial charge is 0.496 e. The van der Waals surface area contributed by atoms with Crippen LogP contribution in [-0.2, 0) is 4.79 Å². The number of carbonyl (C=O) groups is 1. The Morgan fingerprint density at radius 3 is 2.56 bits per heavy atom. The van der Waals surface area contributed by atoms with Gasteiger partial charge in [-0.3, -0.25) is 4.79 Å². The average molecular weight is 430 g/mol. The van der Waals surface area contributed by atoms with Crippen molar-refractivity contribution in [2.45, 2.75) is 20.8 Å². The number of carbonyl (C=O) groups excluding carboxylic acids is 1. The Morgan fingerprint density at radius 1 is 1.16 bits per heavy atom. The molecule has 0 bridgehead atoms. The van der Waals surface area contributed by atoms with Crippen molar-refractivity contribution in [1.29, 1.82) is 0 Å². The molecule has 2 heterocycles. The number of halogens is 1. The number of fused-ring (bicyclic) bond motifs is 1. The molecule has 5 nitrogen and oxygen atoms in total. The lowest BCUT2D eigenvalue weighted by atomic mass is 9.96. The summed E-state index contributed by atoms with van der Waals surface area (Å²) in [5.74, 6) is 0.529. The average Bonchev–Trinajstić information content (AvgIpc) is 3.20. The van der Waals surface area contributed by atoms with Crippen molar-refractivity contribution in [1.82, 2.24) is 4.98 Å². The van der Waals surface area contributed by atoms with Crippen molar-refractivity contribution in [3.05, 3.63) is 83.5 Å². The minimum Gasteiger partial charge on any atom is -0.496 e. The number of pyridine rings is 1. The number of methoxy groups -OCH3 is 1. The minimum absolute atomic E-state index is 0.287. The maximum atomic E-state index is 13.4. The smallest absolute Gasteiger partial charge is 0.249 e. The summed E-state index contributed by atoms with van der Waals surface area (Å²) in [5.41, 5.74) is 5.70. The number of benzene rings is 2. The summed E-state index contributed by atoms with van der Waals surface area (Å²) in [6.45, 7) is 5.69. The van der Waals surface area contributed by atoms with Crippen LogP contribution in [0.3, 0.4) is 0 Å². The van der Waals surface area contributed by atoms with Gasteiger partial charge in [-0.2, -0.15) is 0 Å². The van der Waals surface area contributed by atoms with Gasteiger partial charge < -0.3 is 14.5 Å². The Kier molecular flexibility index (Phi) is 5.77. The van der Waals surface area contributed by atoms with Crippen LogP contribution in [0.5, 0.6) is 5.75 Å². The van der Waals surface area contributed by atoms with Crippen molar-refractivity contribution in [2.75, 3.05) is 12.4 Å². The Morgan fingerprint density at radius 2 is 1.91 bits per heavy atom. The highest BCUT2D eigenvalue weighted by Crippen LogP contribution is 2.40. The molecule has 0 atom stereocenters. The number of furan rings is 1. The number of aryl methyl sites for hydroxylation is 2. The SMILES string of the molecule is COc1c(/C(C)=C/C(=O)Nc2ccc(C)cn2)cc2c(-c3ccc(F)cc3)coc2c1C. The predicted molar refractivity (Wildman–Crippen MR) is 124 cm³/mol. The first kappa shape index (κ1) is 21.3. The van der Waals surface area contributed by atoms with Gasteiger partial charge in [0.2, 0.25) is 5.91 Å². The second kappa shape index (κ2) is 8.67. The summed E-state index contributed by atoms with van der Waals surface area (Å²) in [6, 6.07) is 11.8. The number of hydrogen-bond donors (Lipinski definition) is 1. The maximum absolute atomic E-state index is 13.4. The van der Waals surface area contributed by atoms with Gasteiger partial charge in [0.1, 0.15) is 23.0 Å². The van der Waals surface area contributed by atoms with Crippen LogP contribution in [-0.4, -0.2) is 18.0 Å². The molecule has 1 amide bonds. The lowest BCUT2D eigenvalue weighted by Gasteiger charge is -2.13. The predicted octanol–water partition coefficient (Wildman–Crippen LogP) is 6.30. The van der Waals surface area contributed by atoms with Gasteiger partial charge in [-0.15, -0.1) is 0 Å². The van der Waals surface area contributed by atoms with Gasteiger partial charge in [0.05, 0.1) is 13.4 Å². The van der Waals surface area contributed by atoms with Crippen molar-refractivity contribution >= 4 is 28.3 Å². The van der Waals surface area contributed by atoms with E-state index >= 15 is 0 Å². The van der Waals surface area contributed by atoms with E-state index in [1.54, 1.807) is 37.8 Å². The first-order valence-electron chi connectivity index (χ1n) is 10.1. The number of nitrogens with one attached hydrogen (secondary N) is 1. The van der Waals surface area contributed by atoms with Crippen LogP contribution in [0.1, 0.15) is 23.6 Å². The number of amides is 1. The molecule has 0 aliphatic carbocycles. The van der Waals surface area contributed by atoms with E-state index in [1.807, 2.05) is 32.9 Å². The second-order valence-corrected chi connectivity index (χ2v) is 7.65. The molecular weight excluding hydrogens is 407 g/mol. The number of anilines is 1. The van der Waals surface area contributed by atoms with Gasteiger partial charge in [0.15, 0.2) is 0 Å². The highest BCUT2D eigenvalue weighted by atomic mass is 19.1. The number of nitrogens with zero attached hydrogens (tertiary/aromatic N) is 1. The Labute approximate surface area is 185 Å². The van der Waals surface area contributed by atoms with Crippen LogP contribution in [0.25, 0.3) is 27.7 Å². The van der Waals surface area contributed by atoms with Gasteiger partial charge in [-0.1, -0.05) is 18.2 Å². The topological polar surface area (TPSA) is 64.4 Å². The summed E-state index contributed by atoms with van der Waals surface area (Å²) >= 11 is 0. The van der Waals surface area contributed by atoms with Crippen molar-refractivity contribution in [3.63, 3.8) is 0 Å². The molecule has 2 aromatic heterocycles. The van der Waals surface area contributed by atoms with Gasteiger partial charge in [-0.05, 0) is 61.7 Å². The molecule has 4 rings (SSSR count). The maximum Gasteiger partial charge on any atom is 0.249 e. The highest BCUT2D eigenvalue weighted by molar-refractivity contribution is 6.05. The summed E-state index contributed by atoms with van der Waals surface area (Å²) in [7, 11) is 1.59. The monoisotopic (exact) mass is 430 g/mol. The molecule has 0 fully saturated rings. The van der Waals surface area contributed by atoms with Crippen LogP contribution in [0.15, 0.2) is 65.4 Å². The molecule has 0 aliphatic rings. The fraction of sp³-hybridized carbons (Fsp3) is 0.154. The fourth-order valence-electron chi connectivity index (χ4n) is 3.70. The van der Waals surface area contributed by atoms with Gasteiger partial charge in [0, 0.05) is 34.3 Å². The summed E-state index contributed by atoms with van der Waals surface area (Å²) in [6.07, 6.45) is 4.87. The van der Waals surface area contributed by atoms with Gasteiger partial charge >= 0.3 is 0 Å². The molecule has 0 saturated carbocycles. The molecule has 32 heavy (non-hydrogen) atoms. The van der Waals surface area contributed by atoms with E-state index in [0.29, 0.717) is 17.2 Å². The molecule has 0 spiro atoms. The van der Waals surface area contributed by atoms with Crippen LogP contribution in [0, 0.1) is 19.7 Å². The Balaban J connectivity index is 1.75. The molecule has 6 heteroatoms. The molecule has 4 aromatic rings. The third-order valence-electron chi connectivity index (χ3n) is 5.34. The molecule has 162 valence electrons. The quantitative estimate of drug-likeness (QED) is 0.377. The lowest BCUT2D eigenvalue weighted by Crippen LogP contribution is -2.10. The molecule has 0 saturated heterocycles. The normalized spacial score (nSPS) is 11.6. The number of aromatic nitrogens is 1. The number of hydrogen-bond acceptors (Lipinski definition) is 4. The highest BCUT2D eigenvalue weighted by Gasteiger charge is 2.19. The van der Waals surface area contributed by atoms with E-state index in [-0.39, 0.29) is 11.7 Å². The van der Waals surface area contributed by atoms with Crippen LogP contribution < -0.4 is 10.1 Å². The van der Waals surface area contributed by atoms with Crippen LogP contribution >= 0.6 is 0 Å². The Hall–Kier alpha value is -3.93. The molecule has 1 N–H and O–H groups in total. The Bertz CT molecular complexity index is 1320. The van der Waals surface area contributed by atoms with Gasteiger partial charge in [0.25, 0.3) is 0 Å². The lowest BCUT2D eigenvalue weighted by molar-refractivity contribution is -0.111. The van der Waals surface area contributed by atoms with Gasteiger partial charge in [-0.25, -0.2) is 9.37 Å². The minimum atomic E-state index is -0.298. The van der Waals surface area contributed by atoms with E-state index < -0.39 is 0 Å². The first-order chi connectivity index (χ1) is 15.4. The fourth-order valence-corrected chi connectivity index (χ4v) is 3.70. The van der Waals surface area contributed by atoms with E-state index in [0.717, 1.165) is 38.8 Å². The third kappa shape index (κ3) is 4.12. The van der Waals surface area contributed by atoms with E-state index in [2.05, 4.69) is 10.3 Å². The number of rotatable bonds is 5. The molecular formula is C26H23FN2O3. The standard InChI is InChI=1S/C26H23FN2O3/c1-15-5-10-23(28-13-15)29-24(30)11-16(2)20-12-21-22(18-6-8-19(27)9-7-18)14-32-26(21)17(3)25(20)31-4/h5-14H,1-4H3,(H,28,29,30)/b16-11+. The van der Waals surface area contributed by atoms with Crippen molar-refractivity contribution in [2.24, 2.45) is 0 Å². The number of ether oxygens (including phenoxy) is 1. The molecule has 0 radical (unpaired) electrons. The van der Waals surface area contributed by atoms with E-state index in [9.17, 15) is 9.18 Å². The van der Waals surface area contributed by atoms with Crippen molar-refractivity contribution in [3.8, 4) is 16.9 Å². The van der Waals surface area contributed by atoms with Crippen LogP contribution in [0.2, 0.25) is 0 Å². The molecule has 2 aromatic carbocycles. The van der Waals surface area contributed by atoms with E-state index in [1.165, 1.54) is 18.2 Å². The zero-order chi connectivity index (χ0) is 22.8.